The van der Waals surface area contributed by atoms with E-state index in [2.05, 4.69) is 20.4 Å². The number of hydrogen-bond donors (Lipinski definition) is 2. The van der Waals surface area contributed by atoms with Gasteiger partial charge in [0.1, 0.15) is 17.8 Å². The van der Waals surface area contributed by atoms with Crippen molar-refractivity contribution < 1.29 is 9.53 Å². The second-order valence-electron chi connectivity index (χ2n) is 5.73. The Labute approximate surface area is 153 Å². The zero-order valence-corrected chi connectivity index (χ0v) is 14.1. The summed E-state index contributed by atoms with van der Waals surface area (Å²) in [6.45, 7) is 0.317. The number of hydrogen-bond acceptors (Lipinski definition) is 5. The Bertz CT molecular complexity index is 1150. The summed E-state index contributed by atoms with van der Waals surface area (Å²) < 4.78 is 7.09. The van der Waals surface area contributed by atoms with E-state index in [1.54, 1.807) is 24.5 Å². The lowest BCUT2D eigenvalue weighted by Crippen LogP contribution is -2.17. The monoisotopic (exact) mass is 361 g/mol. The number of H-pyrrole nitrogens is 1. The van der Waals surface area contributed by atoms with Crippen LogP contribution < -0.4 is 15.6 Å². The predicted octanol–water partition coefficient (Wildman–Crippen LogP) is 2.25. The van der Waals surface area contributed by atoms with Crippen LogP contribution in [-0.4, -0.2) is 25.5 Å². The molecule has 3 heterocycles. The van der Waals surface area contributed by atoms with Crippen molar-refractivity contribution in [2.24, 2.45) is 0 Å². The molecule has 0 saturated heterocycles. The van der Waals surface area contributed by atoms with Gasteiger partial charge in [0.2, 0.25) is 5.88 Å². The molecule has 27 heavy (non-hydrogen) atoms. The van der Waals surface area contributed by atoms with Crippen LogP contribution in [0.2, 0.25) is 0 Å². The molecule has 3 aromatic heterocycles. The molecule has 8 heteroatoms. The molecule has 0 aliphatic carbocycles. The SMILES string of the molecule is O=C(Nc1cccnc1OCc1ccccc1)c1cnn2cc[nH]c(=O)c12. The summed E-state index contributed by atoms with van der Waals surface area (Å²) in [6.07, 6.45) is 5.95. The summed E-state index contributed by atoms with van der Waals surface area (Å²) in [7, 11) is 0. The van der Waals surface area contributed by atoms with Crippen molar-refractivity contribution in [1.29, 1.82) is 0 Å². The minimum atomic E-state index is -0.473. The topological polar surface area (TPSA) is 101 Å². The van der Waals surface area contributed by atoms with Crippen molar-refractivity contribution in [1.82, 2.24) is 19.6 Å². The third-order valence-corrected chi connectivity index (χ3v) is 3.92. The number of anilines is 1. The number of aromatic nitrogens is 4. The first kappa shape index (κ1) is 16.5. The van der Waals surface area contributed by atoms with E-state index in [9.17, 15) is 9.59 Å². The maximum absolute atomic E-state index is 12.7. The average molecular weight is 361 g/mol. The second kappa shape index (κ2) is 7.12. The molecule has 0 unspecified atom stereocenters. The Morgan fingerprint density at radius 3 is 2.89 bits per heavy atom. The molecule has 8 nitrogen and oxygen atoms in total. The number of rotatable bonds is 5. The third-order valence-electron chi connectivity index (χ3n) is 3.92. The average Bonchev–Trinajstić information content (AvgIpc) is 3.14. The van der Waals surface area contributed by atoms with Gasteiger partial charge in [0.25, 0.3) is 11.5 Å². The van der Waals surface area contributed by atoms with Crippen LogP contribution in [-0.2, 0) is 6.61 Å². The lowest BCUT2D eigenvalue weighted by atomic mass is 10.2. The fourth-order valence-corrected chi connectivity index (χ4v) is 2.64. The van der Waals surface area contributed by atoms with Crippen molar-refractivity contribution in [3.05, 3.63) is 88.7 Å². The molecule has 4 rings (SSSR count). The Morgan fingerprint density at radius 2 is 2.04 bits per heavy atom. The normalized spacial score (nSPS) is 10.7. The van der Waals surface area contributed by atoms with Crippen LogP contribution in [0.15, 0.2) is 72.0 Å². The Balaban J connectivity index is 1.57. The predicted molar refractivity (Wildman–Crippen MR) is 98.8 cm³/mol. The summed E-state index contributed by atoms with van der Waals surface area (Å²) in [6, 6.07) is 13.0. The second-order valence-corrected chi connectivity index (χ2v) is 5.73. The standard InChI is InChI=1S/C19H15N5O3/c25-17(14-11-22-24-10-9-20-18(26)16(14)24)23-15-7-4-8-21-19(15)27-12-13-5-2-1-3-6-13/h1-11H,12H2,(H,20,26)(H,23,25). The van der Waals surface area contributed by atoms with Crippen LogP contribution in [0, 0.1) is 0 Å². The Kier molecular flexibility index (Phi) is 4.36. The van der Waals surface area contributed by atoms with E-state index in [4.69, 9.17) is 4.74 Å². The Morgan fingerprint density at radius 1 is 1.19 bits per heavy atom. The molecule has 0 aliphatic rings. The van der Waals surface area contributed by atoms with Gasteiger partial charge in [-0.1, -0.05) is 30.3 Å². The molecule has 0 radical (unpaired) electrons. The van der Waals surface area contributed by atoms with Gasteiger partial charge in [-0.15, -0.1) is 0 Å². The molecule has 4 aromatic rings. The van der Waals surface area contributed by atoms with Gasteiger partial charge in [-0.2, -0.15) is 5.10 Å². The minimum Gasteiger partial charge on any atom is -0.471 e. The molecule has 134 valence electrons. The molecule has 2 N–H and O–H groups in total. The molecule has 0 aliphatic heterocycles. The van der Waals surface area contributed by atoms with E-state index in [1.807, 2.05) is 30.3 Å². The molecular weight excluding hydrogens is 346 g/mol. The highest BCUT2D eigenvalue weighted by Gasteiger charge is 2.17. The zero-order chi connectivity index (χ0) is 18.6. The van der Waals surface area contributed by atoms with Gasteiger partial charge < -0.3 is 15.0 Å². The van der Waals surface area contributed by atoms with Crippen molar-refractivity contribution in [3.63, 3.8) is 0 Å². The highest BCUT2D eigenvalue weighted by Crippen LogP contribution is 2.23. The molecular formula is C19H15N5O3. The van der Waals surface area contributed by atoms with Gasteiger partial charge in [0.15, 0.2) is 0 Å². The zero-order valence-electron chi connectivity index (χ0n) is 14.1. The lowest BCUT2D eigenvalue weighted by molar-refractivity contribution is 0.102. The van der Waals surface area contributed by atoms with Crippen LogP contribution in [0.3, 0.4) is 0 Å². The van der Waals surface area contributed by atoms with E-state index in [-0.39, 0.29) is 11.1 Å². The quantitative estimate of drug-likeness (QED) is 0.568. The molecule has 0 fully saturated rings. The van der Waals surface area contributed by atoms with E-state index in [0.29, 0.717) is 18.2 Å². The smallest absolute Gasteiger partial charge is 0.274 e. The summed E-state index contributed by atoms with van der Waals surface area (Å²) in [5.74, 6) is -0.181. The Hall–Kier alpha value is -3.94. The van der Waals surface area contributed by atoms with Crippen molar-refractivity contribution >= 4 is 17.1 Å². The summed E-state index contributed by atoms with van der Waals surface area (Å²) >= 11 is 0. The largest absolute Gasteiger partial charge is 0.471 e. The summed E-state index contributed by atoms with van der Waals surface area (Å²) in [5, 5.41) is 6.77. The van der Waals surface area contributed by atoms with Gasteiger partial charge in [-0.3, -0.25) is 9.59 Å². The molecule has 0 spiro atoms. The highest BCUT2D eigenvalue weighted by molar-refractivity contribution is 6.09. The van der Waals surface area contributed by atoms with Crippen LogP contribution in [0.5, 0.6) is 5.88 Å². The van der Waals surface area contributed by atoms with Crippen molar-refractivity contribution in [2.45, 2.75) is 6.61 Å². The lowest BCUT2D eigenvalue weighted by Gasteiger charge is -2.11. The number of nitrogens with one attached hydrogen (secondary N) is 2. The minimum absolute atomic E-state index is 0.162. The number of fused-ring (bicyclic) bond motifs is 1. The number of carbonyl (C=O) groups is 1. The number of ether oxygens (including phenoxy) is 1. The fraction of sp³-hybridized carbons (Fsp3) is 0.0526. The van der Waals surface area contributed by atoms with Crippen molar-refractivity contribution in [3.8, 4) is 5.88 Å². The number of nitrogens with zero attached hydrogens (tertiary/aromatic N) is 3. The number of benzene rings is 1. The molecule has 0 saturated carbocycles. The number of amides is 1. The molecule has 0 atom stereocenters. The maximum atomic E-state index is 12.7. The summed E-state index contributed by atoms with van der Waals surface area (Å²) in [5.41, 5.74) is 1.33. The van der Waals surface area contributed by atoms with Crippen LogP contribution >= 0.6 is 0 Å². The summed E-state index contributed by atoms with van der Waals surface area (Å²) in [4.78, 5) is 31.4. The number of carbonyl (C=O) groups excluding carboxylic acids is 1. The highest BCUT2D eigenvalue weighted by atomic mass is 16.5. The van der Waals surface area contributed by atoms with E-state index in [1.165, 1.54) is 16.9 Å². The first-order chi connectivity index (χ1) is 13.2. The van der Waals surface area contributed by atoms with Crippen molar-refractivity contribution in [2.75, 3.05) is 5.32 Å². The first-order valence-corrected chi connectivity index (χ1v) is 8.20. The van der Waals surface area contributed by atoms with E-state index >= 15 is 0 Å². The van der Waals surface area contributed by atoms with Gasteiger partial charge in [0, 0.05) is 18.6 Å². The van der Waals surface area contributed by atoms with Gasteiger partial charge in [0.05, 0.1) is 11.8 Å². The van der Waals surface area contributed by atoms with E-state index < -0.39 is 11.5 Å². The maximum Gasteiger partial charge on any atom is 0.274 e. The van der Waals surface area contributed by atoms with E-state index in [0.717, 1.165) is 5.56 Å². The van der Waals surface area contributed by atoms with Gasteiger partial charge >= 0.3 is 0 Å². The molecule has 1 aromatic carbocycles. The number of aromatic amines is 1. The van der Waals surface area contributed by atoms with Crippen LogP contribution in [0.4, 0.5) is 5.69 Å². The van der Waals surface area contributed by atoms with Gasteiger partial charge in [-0.05, 0) is 17.7 Å². The van der Waals surface area contributed by atoms with Crippen LogP contribution in [0.1, 0.15) is 15.9 Å². The molecule has 1 amide bonds. The van der Waals surface area contributed by atoms with Gasteiger partial charge in [-0.25, -0.2) is 9.50 Å². The molecule has 0 bridgehead atoms. The number of pyridine rings is 1. The third kappa shape index (κ3) is 3.40. The van der Waals surface area contributed by atoms with Crippen LogP contribution in [0.25, 0.3) is 5.52 Å². The first-order valence-electron chi connectivity index (χ1n) is 8.20. The fourth-order valence-electron chi connectivity index (χ4n) is 2.64.